The molecule has 92 valence electrons. The molecule has 1 aromatic rings. The van der Waals surface area contributed by atoms with Gasteiger partial charge in [-0.2, -0.15) is 4.98 Å². The molecule has 0 aliphatic heterocycles. The van der Waals surface area contributed by atoms with Crippen LogP contribution in [0.4, 0.5) is 0 Å². The Morgan fingerprint density at radius 2 is 2.19 bits per heavy atom. The number of nitrogens with two attached hydrogens (primary N) is 1. The van der Waals surface area contributed by atoms with Gasteiger partial charge in [-0.15, -0.1) is 0 Å². The lowest BCUT2D eigenvalue weighted by atomic mass is 10.0. The van der Waals surface area contributed by atoms with E-state index in [0.717, 1.165) is 6.42 Å². The van der Waals surface area contributed by atoms with E-state index in [1.807, 2.05) is 6.92 Å². The van der Waals surface area contributed by atoms with Gasteiger partial charge in [0.1, 0.15) is 0 Å². The summed E-state index contributed by atoms with van der Waals surface area (Å²) < 4.78 is 10.3. The van der Waals surface area contributed by atoms with Gasteiger partial charge in [-0.3, -0.25) is 0 Å². The van der Waals surface area contributed by atoms with Crippen LogP contribution in [0.5, 0.6) is 0 Å². The van der Waals surface area contributed by atoms with E-state index in [-0.39, 0.29) is 6.04 Å². The molecule has 1 atom stereocenters. The molecule has 16 heavy (non-hydrogen) atoms. The number of hydrogen-bond donors (Lipinski definition) is 1. The van der Waals surface area contributed by atoms with Crippen molar-refractivity contribution < 1.29 is 9.26 Å². The van der Waals surface area contributed by atoms with Crippen molar-refractivity contribution >= 4 is 0 Å². The van der Waals surface area contributed by atoms with Gasteiger partial charge in [0.05, 0.1) is 12.6 Å². The molecule has 0 saturated heterocycles. The quantitative estimate of drug-likeness (QED) is 0.717. The summed E-state index contributed by atoms with van der Waals surface area (Å²) in [6.45, 7) is 7.52. The molecule has 0 fully saturated rings. The van der Waals surface area contributed by atoms with Crippen LogP contribution in [0.15, 0.2) is 4.52 Å². The van der Waals surface area contributed by atoms with Gasteiger partial charge < -0.3 is 15.0 Å². The molecule has 1 rings (SSSR count). The Morgan fingerprint density at radius 1 is 1.44 bits per heavy atom. The first-order chi connectivity index (χ1) is 7.63. The van der Waals surface area contributed by atoms with Crippen molar-refractivity contribution in [2.45, 2.75) is 39.7 Å². The van der Waals surface area contributed by atoms with Gasteiger partial charge in [0.25, 0.3) is 0 Å². The third kappa shape index (κ3) is 4.28. The molecule has 0 aliphatic rings. The Kier molecular flexibility index (Phi) is 5.42. The summed E-state index contributed by atoms with van der Waals surface area (Å²) in [5.74, 6) is 1.72. The summed E-state index contributed by atoms with van der Waals surface area (Å²) in [5, 5.41) is 3.87. The second-order valence-corrected chi connectivity index (χ2v) is 4.23. The molecule has 2 N–H and O–H groups in total. The highest BCUT2D eigenvalue weighted by molar-refractivity contribution is 4.92. The second kappa shape index (κ2) is 6.60. The molecular formula is C11H21N3O2. The van der Waals surface area contributed by atoms with E-state index in [1.54, 1.807) is 0 Å². The molecule has 0 aromatic carbocycles. The molecule has 0 bridgehead atoms. The fraction of sp³-hybridized carbons (Fsp3) is 0.818. The largest absolute Gasteiger partial charge is 0.381 e. The highest BCUT2D eigenvalue weighted by Crippen LogP contribution is 2.16. The van der Waals surface area contributed by atoms with E-state index in [0.29, 0.717) is 37.3 Å². The van der Waals surface area contributed by atoms with Crippen LogP contribution in [-0.2, 0) is 11.2 Å². The van der Waals surface area contributed by atoms with Crippen molar-refractivity contribution in [3.05, 3.63) is 11.7 Å². The molecule has 0 radical (unpaired) electrons. The molecule has 1 unspecified atom stereocenters. The Labute approximate surface area is 96.4 Å². The Bertz CT molecular complexity index is 299. The molecule has 1 aromatic heterocycles. The lowest BCUT2D eigenvalue weighted by molar-refractivity contribution is 0.149. The standard InChI is InChI=1S/C11H21N3O2/c1-4-15-6-5-10-13-11(16-14-10)9(12)7-8(2)3/h8-9H,4-7,12H2,1-3H3. The first-order valence-electron chi connectivity index (χ1n) is 5.79. The Morgan fingerprint density at radius 3 is 2.81 bits per heavy atom. The smallest absolute Gasteiger partial charge is 0.243 e. The fourth-order valence-corrected chi connectivity index (χ4v) is 1.44. The second-order valence-electron chi connectivity index (χ2n) is 4.23. The average molecular weight is 227 g/mol. The minimum Gasteiger partial charge on any atom is -0.381 e. The predicted molar refractivity (Wildman–Crippen MR) is 60.9 cm³/mol. The maximum Gasteiger partial charge on any atom is 0.243 e. The van der Waals surface area contributed by atoms with Crippen molar-refractivity contribution in [1.29, 1.82) is 0 Å². The van der Waals surface area contributed by atoms with Crippen molar-refractivity contribution in [3.63, 3.8) is 0 Å². The zero-order chi connectivity index (χ0) is 12.0. The maximum absolute atomic E-state index is 5.94. The van der Waals surface area contributed by atoms with Crippen molar-refractivity contribution in [2.24, 2.45) is 11.7 Å². The van der Waals surface area contributed by atoms with Gasteiger partial charge in [-0.1, -0.05) is 19.0 Å². The topological polar surface area (TPSA) is 74.2 Å². The average Bonchev–Trinajstić information content (AvgIpc) is 2.66. The van der Waals surface area contributed by atoms with Gasteiger partial charge in [0.15, 0.2) is 5.82 Å². The lowest BCUT2D eigenvalue weighted by Crippen LogP contribution is -2.13. The van der Waals surface area contributed by atoms with Gasteiger partial charge in [0.2, 0.25) is 5.89 Å². The highest BCUT2D eigenvalue weighted by atomic mass is 16.5. The van der Waals surface area contributed by atoms with Crippen molar-refractivity contribution in [1.82, 2.24) is 10.1 Å². The van der Waals surface area contributed by atoms with E-state index in [4.69, 9.17) is 15.0 Å². The number of aromatic nitrogens is 2. The minimum atomic E-state index is -0.159. The summed E-state index contributed by atoms with van der Waals surface area (Å²) in [7, 11) is 0. The molecule has 0 spiro atoms. The summed E-state index contributed by atoms with van der Waals surface area (Å²) in [6, 6.07) is -0.159. The predicted octanol–water partition coefficient (Wildman–Crippen LogP) is 1.69. The molecule has 5 heteroatoms. The number of rotatable bonds is 7. The molecule has 0 saturated carbocycles. The molecule has 5 nitrogen and oxygen atoms in total. The number of ether oxygens (including phenoxy) is 1. The third-order valence-electron chi connectivity index (χ3n) is 2.20. The summed E-state index contributed by atoms with van der Waals surface area (Å²) in [5.41, 5.74) is 5.94. The van der Waals surface area contributed by atoms with Gasteiger partial charge in [-0.25, -0.2) is 0 Å². The Hall–Kier alpha value is -0.940. The normalized spacial score (nSPS) is 13.3. The molecule has 1 heterocycles. The van der Waals surface area contributed by atoms with E-state index < -0.39 is 0 Å². The molecular weight excluding hydrogens is 206 g/mol. The zero-order valence-electron chi connectivity index (χ0n) is 10.3. The lowest BCUT2D eigenvalue weighted by Gasteiger charge is -2.08. The first-order valence-corrected chi connectivity index (χ1v) is 5.79. The van der Waals surface area contributed by atoms with Crippen molar-refractivity contribution in [3.8, 4) is 0 Å². The van der Waals surface area contributed by atoms with Crippen LogP contribution < -0.4 is 5.73 Å². The van der Waals surface area contributed by atoms with Crippen LogP contribution in [0.2, 0.25) is 0 Å². The highest BCUT2D eigenvalue weighted by Gasteiger charge is 2.15. The van der Waals surface area contributed by atoms with E-state index >= 15 is 0 Å². The van der Waals surface area contributed by atoms with Crippen LogP contribution in [0.3, 0.4) is 0 Å². The van der Waals surface area contributed by atoms with Gasteiger partial charge in [-0.05, 0) is 19.3 Å². The fourth-order valence-electron chi connectivity index (χ4n) is 1.44. The van der Waals surface area contributed by atoms with Crippen LogP contribution in [-0.4, -0.2) is 23.4 Å². The SMILES string of the molecule is CCOCCc1noc(C(N)CC(C)C)n1. The number of nitrogens with zero attached hydrogens (tertiary/aromatic N) is 2. The molecule has 0 aliphatic carbocycles. The third-order valence-corrected chi connectivity index (χ3v) is 2.20. The van der Waals surface area contributed by atoms with E-state index in [2.05, 4.69) is 24.0 Å². The number of hydrogen-bond acceptors (Lipinski definition) is 5. The zero-order valence-corrected chi connectivity index (χ0v) is 10.3. The van der Waals surface area contributed by atoms with E-state index in [1.165, 1.54) is 0 Å². The van der Waals surface area contributed by atoms with Crippen LogP contribution in [0, 0.1) is 5.92 Å². The minimum absolute atomic E-state index is 0.159. The van der Waals surface area contributed by atoms with Crippen LogP contribution >= 0.6 is 0 Å². The Balaban J connectivity index is 2.44. The summed E-state index contributed by atoms with van der Waals surface area (Å²) >= 11 is 0. The summed E-state index contributed by atoms with van der Waals surface area (Å²) in [4.78, 5) is 4.25. The first kappa shape index (κ1) is 13.1. The molecule has 0 amide bonds. The van der Waals surface area contributed by atoms with Gasteiger partial charge >= 0.3 is 0 Å². The van der Waals surface area contributed by atoms with Crippen molar-refractivity contribution in [2.75, 3.05) is 13.2 Å². The van der Waals surface area contributed by atoms with E-state index in [9.17, 15) is 0 Å². The monoisotopic (exact) mass is 227 g/mol. The van der Waals surface area contributed by atoms with Gasteiger partial charge in [0, 0.05) is 13.0 Å². The van der Waals surface area contributed by atoms with Crippen LogP contribution in [0.25, 0.3) is 0 Å². The maximum atomic E-state index is 5.94. The summed E-state index contributed by atoms with van der Waals surface area (Å²) in [6.07, 6.45) is 1.53. The van der Waals surface area contributed by atoms with Crippen LogP contribution in [0.1, 0.15) is 44.9 Å².